The van der Waals surface area contributed by atoms with Gasteiger partial charge in [0, 0.05) is 36.9 Å². The van der Waals surface area contributed by atoms with Crippen molar-refractivity contribution in [2.24, 2.45) is 5.41 Å². The molecule has 0 unspecified atom stereocenters. The zero-order valence-corrected chi connectivity index (χ0v) is 22.2. The Balaban J connectivity index is 1.29. The third-order valence-corrected chi connectivity index (χ3v) is 7.91. The molecule has 3 fully saturated rings. The first-order valence-corrected chi connectivity index (χ1v) is 12.9. The maximum atomic E-state index is 14.6. The zero-order chi connectivity index (χ0) is 28.5. The summed E-state index contributed by atoms with van der Waals surface area (Å²) in [6, 6.07) is 8.75. The molecule has 3 aliphatic rings. The maximum absolute atomic E-state index is 14.6. The van der Waals surface area contributed by atoms with E-state index < -0.39 is 34.8 Å². The van der Waals surface area contributed by atoms with Crippen molar-refractivity contribution in [3.63, 3.8) is 0 Å². The first kappa shape index (κ1) is 26.3. The van der Waals surface area contributed by atoms with E-state index in [1.807, 2.05) is 0 Å². The van der Waals surface area contributed by atoms with Crippen molar-refractivity contribution >= 4 is 22.7 Å². The number of pyridine rings is 1. The number of fused-ring (bicyclic) bond motifs is 2. The highest BCUT2D eigenvalue weighted by Crippen LogP contribution is 2.75. The van der Waals surface area contributed by atoms with Gasteiger partial charge in [0.1, 0.15) is 17.1 Å². The van der Waals surface area contributed by atoms with Gasteiger partial charge in [-0.1, -0.05) is 0 Å². The number of benzene rings is 1. The highest BCUT2D eigenvalue weighted by Gasteiger charge is 2.86. The summed E-state index contributed by atoms with van der Waals surface area (Å²) >= 11 is 0. The van der Waals surface area contributed by atoms with Crippen LogP contribution < -0.4 is 4.90 Å². The topological polar surface area (TPSA) is 118 Å². The summed E-state index contributed by atoms with van der Waals surface area (Å²) in [5.74, 6) is -0.0801. The first-order chi connectivity index (χ1) is 18.9. The number of aromatic nitrogens is 3. The lowest BCUT2D eigenvalue weighted by molar-refractivity contribution is -0.187. The van der Waals surface area contributed by atoms with Crippen molar-refractivity contribution in [1.29, 1.82) is 5.26 Å². The molecule has 210 valence electrons. The van der Waals surface area contributed by atoms with E-state index in [4.69, 9.17) is 13.9 Å². The Morgan fingerprint density at radius 1 is 1.20 bits per heavy atom. The minimum Gasteiger partial charge on any atom is -0.444 e. The number of hydrogen-bond acceptors (Lipinski definition) is 9. The largest absolute Gasteiger partial charge is 0.444 e. The Bertz CT molecular complexity index is 1530. The van der Waals surface area contributed by atoms with Crippen LogP contribution >= 0.6 is 0 Å². The molecule has 0 N–H and O–H groups in total. The van der Waals surface area contributed by atoms with Crippen LogP contribution in [0.25, 0.3) is 10.9 Å². The molecule has 13 heteroatoms. The number of nitriles is 1. The summed E-state index contributed by atoms with van der Waals surface area (Å²) < 4.78 is 60.9. The second-order valence-corrected chi connectivity index (χ2v) is 11.6. The fourth-order valence-corrected chi connectivity index (χ4v) is 5.95. The molecule has 2 saturated heterocycles. The molecule has 4 heterocycles. The molecule has 1 aromatic carbocycles. The Morgan fingerprint density at radius 3 is 2.73 bits per heavy atom. The molecule has 2 aromatic heterocycles. The van der Waals surface area contributed by atoms with Crippen LogP contribution in [0.2, 0.25) is 0 Å². The average molecular weight is 557 g/mol. The number of carbonyl (C=O) groups excluding carboxylic acids is 1. The van der Waals surface area contributed by atoms with Gasteiger partial charge in [0.15, 0.2) is 6.10 Å². The van der Waals surface area contributed by atoms with E-state index >= 15 is 0 Å². The van der Waals surface area contributed by atoms with Gasteiger partial charge in [-0.3, -0.25) is 4.98 Å². The van der Waals surface area contributed by atoms with E-state index in [0.717, 1.165) is 0 Å². The smallest absolute Gasteiger partial charge is 0.410 e. The predicted octanol–water partition coefficient (Wildman–Crippen LogP) is 4.51. The van der Waals surface area contributed by atoms with Crippen LogP contribution in [0, 0.1) is 16.7 Å². The number of anilines is 1. The summed E-state index contributed by atoms with van der Waals surface area (Å²) in [7, 11) is 0. The second-order valence-electron chi connectivity index (χ2n) is 11.6. The molecule has 6 rings (SSSR count). The summed E-state index contributed by atoms with van der Waals surface area (Å²) in [5.41, 5.74) is -2.85. The van der Waals surface area contributed by atoms with Gasteiger partial charge >= 0.3 is 12.3 Å². The lowest BCUT2D eigenvalue weighted by Crippen LogP contribution is -2.44. The monoisotopic (exact) mass is 556 g/mol. The van der Waals surface area contributed by atoms with E-state index in [1.165, 1.54) is 4.90 Å². The van der Waals surface area contributed by atoms with Gasteiger partial charge < -0.3 is 23.7 Å². The van der Waals surface area contributed by atoms with Crippen LogP contribution in [0.3, 0.4) is 0 Å². The standard InChI is InChI=1S/C27H27F3N6O4/c1-24(2,3)40-23(37)35-9-10-38-19(12-35)21-33-34-22(39-21)25-13-26(25,27(28,29)30)15-36(14-25)18-7-6-16(11-31)20-17(18)5-4-8-32-20/h4-8,19H,9-10,12-15H2,1-3H3/t19-,25-,26-/m0/s1. The Hall–Kier alpha value is -3.92. The van der Waals surface area contributed by atoms with Crippen LogP contribution in [0.1, 0.15) is 50.6 Å². The van der Waals surface area contributed by atoms with Gasteiger partial charge in [-0.25, -0.2) is 4.79 Å². The number of nitrogens with zero attached hydrogens (tertiary/aromatic N) is 6. The predicted molar refractivity (Wildman–Crippen MR) is 134 cm³/mol. The highest BCUT2D eigenvalue weighted by atomic mass is 19.4. The minimum atomic E-state index is -4.52. The summed E-state index contributed by atoms with van der Waals surface area (Å²) in [6.07, 6.45) is -4.46. The van der Waals surface area contributed by atoms with Crippen molar-refractivity contribution in [3.8, 4) is 6.07 Å². The van der Waals surface area contributed by atoms with E-state index in [0.29, 0.717) is 28.7 Å². The van der Waals surface area contributed by atoms with Gasteiger partial charge in [0.2, 0.25) is 11.8 Å². The average Bonchev–Trinajstić information content (AvgIpc) is 3.21. The van der Waals surface area contributed by atoms with Crippen molar-refractivity contribution in [3.05, 3.63) is 47.8 Å². The SMILES string of the molecule is CC(C)(C)OC(=O)N1CCO[C@H](c2nnc([C@]34CN(c5ccc(C#N)c6ncccc56)C[C@@]3(C(F)(F)F)C4)o2)C1. The second kappa shape index (κ2) is 8.79. The zero-order valence-electron chi connectivity index (χ0n) is 22.2. The van der Waals surface area contributed by atoms with Gasteiger partial charge in [-0.15, -0.1) is 10.2 Å². The quantitative estimate of drug-likeness (QED) is 0.459. The number of piperidine rings is 1. The summed E-state index contributed by atoms with van der Waals surface area (Å²) in [6.45, 7) is 5.55. The van der Waals surface area contributed by atoms with Crippen molar-refractivity contribution < 1.29 is 31.9 Å². The number of ether oxygens (including phenoxy) is 2. The Morgan fingerprint density at radius 2 is 2.00 bits per heavy atom. The molecular weight excluding hydrogens is 529 g/mol. The molecule has 1 saturated carbocycles. The number of hydrogen-bond donors (Lipinski definition) is 0. The normalized spacial score (nSPS) is 26.5. The van der Waals surface area contributed by atoms with Gasteiger partial charge in [0.25, 0.3) is 0 Å². The number of rotatable bonds is 3. The Labute approximate surface area is 227 Å². The van der Waals surface area contributed by atoms with Crippen LogP contribution in [0.15, 0.2) is 34.9 Å². The van der Waals surface area contributed by atoms with E-state index in [-0.39, 0.29) is 44.4 Å². The first-order valence-electron chi connectivity index (χ1n) is 12.9. The molecule has 1 amide bonds. The third kappa shape index (κ3) is 4.04. The molecule has 2 aliphatic heterocycles. The van der Waals surface area contributed by atoms with Gasteiger partial charge in [-0.2, -0.15) is 18.4 Å². The number of morpholine rings is 1. The fraction of sp³-hybridized carbons (Fsp3) is 0.519. The fourth-order valence-electron chi connectivity index (χ4n) is 5.95. The molecular formula is C27H27F3N6O4. The number of halogens is 3. The van der Waals surface area contributed by atoms with Crippen LogP contribution in [0.4, 0.5) is 23.7 Å². The Kier molecular flexibility index (Phi) is 5.78. The molecule has 0 radical (unpaired) electrons. The maximum Gasteiger partial charge on any atom is 0.410 e. The van der Waals surface area contributed by atoms with Crippen molar-refractivity contribution in [2.75, 3.05) is 37.7 Å². The third-order valence-electron chi connectivity index (χ3n) is 7.91. The minimum absolute atomic E-state index is 0.000402. The summed E-state index contributed by atoms with van der Waals surface area (Å²) in [4.78, 5) is 20.0. The molecule has 3 atom stereocenters. The van der Waals surface area contributed by atoms with Crippen molar-refractivity contribution in [1.82, 2.24) is 20.1 Å². The molecule has 0 spiro atoms. The number of alkyl halides is 3. The van der Waals surface area contributed by atoms with Crippen molar-refractivity contribution in [2.45, 2.75) is 50.5 Å². The van der Waals surface area contributed by atoms with Crippen LogP contribution in [-0.2, 0) is 14.9 Å². The number of carbonyl (C=O) groups is 1. The van der Waals surface area contributed by atoms with E-state index in [1.54, 1.807) is 56.1 Å². The molecule has 10 nitrogen and oxygen atoms in total. The van der Waals surface area contributed by atoms with Gasteiger partial charge in [-0.05, 0) is 51.5 Å². The van der Waals surface area contributed by atoms with Crippen LogP contribution in [0.5, 0.6) is 0 Å². The molecule has 1 aliphatic carbocycles. The van der Waals surface area contributed by atoms with Gasteiger partial charge in [0.05, 0.1) is 29.6 Å². The molecule has 0 bridgehead atoms. The van der Waals surface area contributed by atoms with E-state index in [9.17, 15) is 23.2 Å². The number of amides is 1. The molecule has 40 heavy (non-hydrogen) atoms. The molecule has 3 aromatic rings. The lowest BCUT2D eigenvalue weighted by Gasteiger charge is -2.32. The lowest BCUT2D eigenvalue weighted by atomic mass is 9.95. The highest BCUT2D eigenvalue weighted by molar-refractivity contribution is 5.95. The van der Waals surface area contributed by atoms with Crippen LogP contribution in [-0.4, -0.2) is 70.7 Å². The summed E-state index contributed by atoms with van der Waals surface area (Å²) in [5, 5.41) is 18.2. The van der Waals surface area contributed by atoms with E-state index in [2.05, 4.69) is 21.3 Å².